The summed E-state index contributed by atoms with van der Waals surface area (Å²) in [5.41, 5.74) is 1.09. The lowest BCUT2D eigenvalue weighted by Crippen LogP contribution is -2.16. The maximum atomic E-state index is 5.41. The molecule has 4 heteroatoms. The summed E-state index contributed by atoms with van der Waals surface area (Å²) in [5, 5.41) is 0. The Hall–Kier alpha value is -1.55. The molecule has 1 fully saturated rings. The van der Waals surface area contributed by atoms with E-state index in [2.05, 4.69) is 15.5 Å². The molecular weight excluding hydrogens is 216 g/mol. The summed E-state index contributed by atoms with van der Waals surface area (Å²) in [7, 11) is 1.70. The maximum Gasteiger partial charge on any atom is 0.199 e. The summed E-state index contributed by atoms with van der Waals surface area (Å²) in [4.78, 5) is 4.56. The Morgan fingerprint density at radius 2 is 2.18 bits per heavy atom. The first-order valence-corrected chi connectivity index (χ1v) is 5.98. The van der Waals surface area contributed by atoms with Crippen LogP contribution < -0.4 is 4.74 Å². The minimum Gasteiger partial charge on any atom is -0.482 e. The summed E-state index contributed by atoms with van der Waals surface area (Å²) in [6, 6.07) is 6.01. The summed E-state index contributed by atoms with van der Waals surface area (Å²) in [6.45, 7) is 1.66. The van der Waals surface area contributed by atoms with Crippen LogP contribution in [0.3, 0.4) is 0 Å². The molecule has 1 aliphatic rings. The molecule has 1 aliphatic heterocycles. The normalized spacial score (nSPS) is 17.5. The van der Waals surface area contributed by atoms with Crippen LogP contribution in [0.25, 0.3) is 5.52 Å². The second-order valence-electron chi connectivity index (χ2n) is 4.33. The summed E-state index contributed by atoms with van der Waals surface area (Å²) >= 11 is 0. The number of hydrogen-bond donors (Lipinski definition) is 0. The molecule has 0 bridgehead atoms. The molecule has 0 aliphatic carbocycles. The van der Waals surface area contributed by atoms with Crippen molar-refractivity contribution in [1.29, 1.82) is 0 Å². The van der Waals surface area contributed by atoms with Gasteiger partial charge >= 0.3 is 0 Å². The molecule has 0 aromatic carbocycles. The Morgan fingerprint density at radius 3 is 2.94 bits per heavy atom. The number of aromatic nitrogens is 2. The van der Waals surface area contributed by atoms with Crippen molar-refractivity contribution >= 4 is 5.52 Å². The van der Waals surface area contributed by atoms with E-state index in [-0.39, 0.29) is 0 Å². The van der Waals surface area contributed by atoms with Gasteiger partial charge in [-0.2, -0.15) is 0 Å². The average Bonchev–Trinajstić information content (AvgIpc) is 2.83. The van der Waals surface area contributed by atoms with Gasteiger partial charge in [-0.1, -0.05) is 6.07 Å². The van der Waals surface area contributed by atoms with Crippen LogP contribution in [-0.4, -0.2) is 29.7 Å². The van der Waals surface area contributed by atoms with Crippen molar-refractivity contribution in [2.45, 2.75) is 18.8 Å². The molecule has 17 heavy (non-hydrogen) atoms. The predicted molar refractivity (Wildman–Crippen MR) is 64.5 cm³/mol. The van der Waals surface area contributed by atoms with Crippen molar-refractivity contribution in [3.8, 4) is 5.88 Å². The van der Waals surface area contributed by atoms with Gasteiger partial charge in [0, 0.05) is 19.1 Å². The minimum absolute atomic E-state index is 0.475. The third kappa shape index (κ3) is 1.78. The highest BCUT2D eigenvalue weighted by Crippen LogP contribution is 2.29. The highest BCUT2D eigenvalue weighted by Gasteiger charge is 2.21. The van der Waals surface area contributed by atoms with Gasteiger partial charge in [0.15, 0.2) is 5.88 Å². The largest absolute Gasteiger partial charge is 0.482 e. The molecule has 0 amide bonds. The van der Waals surface area contributed by atoms with Gasteiger partial charge in [0.25, 0.3) is 0 Å². The van der Waals surface area contributed by atoms with Gasteiger partial charge < -0.3 is 9.47 Å². The van der Waals surface area contributed by atoms with E-state index >= 15 is 0 Å². The van der Waals surface area contributed by atoms with Crippen LogP contribution in [0.4, 0.5) is 0 Å². The third-order valence-electron chi connectivity index (χ3n) is 3.34. The minimum atomic E-state index is 0.475. The van der Waals surface area contributed by atoms with Gasteiger partial charge in [0.05, 0.1) is 18.8 Å². The summed E-state index contributed by atoms with van der Waals surface area (Å²) < 4.78 is 12.9. The lowest BCUT2D eigenvalue weighted by molar-refractivity contribution is 0.0833. The molecule has 0 N–H and O–H groups in total. The van der Waals surface area contributed by atoms with E-state index in [0.717, 1.165) is 43.3 Å². The van der Waals surface area contributed by atoms with E-state index in [4.69, 9.17) is 9.47 Å². The van der Waals surface area contributed by atoms with Gasteiger partial charge in [0.2, 0.25) is 0 Å². The van der Waals surface area contributed by atoms with Gasteiger partial charge in [-0.05, 0) is 25.0 Å². The highest BCUT2D eigenvalue weighted by atomic mass is 16.5. The molecule has 4 nitrogen and oxygen atoms in total. The standard InChI is InChI=1S/C13H16N2O2/c1-16-12-4-2-3-11-9-14-13(15(11)12)10-5-7-17-8-6-10/h2-4,9-10H,5-8H2,1H3. The highest BCUT2D eigenvalue weighted by molar-refractivity contribution is 5.49. The Labute approximate surface area is 100 Å². The van der Waals surface area contributed by atoms with Crippen LogP contribution >= 0.6 is 0 Å². The number of imidazole rings is 1. The Bertz CT molecular complexity index is 515. The first kappa shape index (κ1) is 10.6. The molecule has 0 spiro atoms. The first-order valence-electron chi connectivity index (χ1n) is 5.98. The fraction of sp³-hybridized carbons (Fsp3) is 0.462. The van der Waals surface area contributed by atoms with Crippen LogP contribution in [0.5, 0.6) is 5.88 Å². The zero-order valence-electron chi connectivity index (χ0n) is 9.93. The van der Waals surface area contributed by atoms with Gasteiger partial charge in [-0.3, -0.25) is 4.40 Å². The molecular formula is C13H16N2O2. The van der Waals surface area contributed by atoms with Crippen molar-refractivity contribution in [3.05, 3.63) is 30.2 Å². The summed E-state index contributed by atoms with van der Waals surface area (Å²) in [5.74, 6) is 2.42. The van der Waals surface area contributed by atoms with Crippen molar-refractivity contribution in [3.63, 3.8) is 0 Å². The van der Waals surface area contributed by atoms with Crippen LogP contribution in [0, 0.1) is 0 Å². The fourth-order valence-electron chi connectivity index (χ4n) is 2.44. The molecule has 2 aromatic rings. The third-order valence-corrected chi connectivity index (χ3v) is 3.34. The van der Waals surface area contributed by atoms with Crippen molar-refractivity contribution < 1.29 is 9.47 Å². The number of nitrogens with zero attached hydrogens (tertiary/aromatic N) is 2. The van der Waals surface area contributed by atoms with E-state index in [0.29, 0.717) is 5.92 Å². The maximum absolute atomic E-state index is 5.41. The molecule has 1 saturated heterocycles. The Morgan fingerprint density at radius 1 is 1.35 bits per heavy atom. The van der Waals surface area contributed by atoms with Crippen molar-refractivity contribution in [2.24, 2.45) is 0 Å². The number of rotatable bonds is 2. The van der Waals surface area contributed by atoms with E-state index in [9.17, 15) is 0 Å². The Kier molecular flexibility index (Phi) is 2.73. The van der Waals surface area contributed by atoms with E-state index in [1.807, 2.05) is 18.3 Å². The predicted octanol–water partition coefficient (Wildman–Crippen LogP) is 2.24. The molecule has 0 unspecified atom stereocenters. The molecule has 0 saturated carbocycles. The monoisotopic (exact) mass is 232 g/mol. The van der Waals surface area contributed by atoms with E-state index in [1.165, 1.54) is 0 Å². The smallest absolute Gasteiger partial charge is 0.199 e. The number of fused-ring (bicyclic) bond motifs is 1. The summed E-state index contributed by atoms with van der Waals surface area (Å²) in [6.07, 6.45) is 3.99. The molecule has 0 radical (unpaired) electrons. The molecule has 90 valence electrons. The van der Waals surface area contributed by atoms with E-state index < -0.39 is 0 Å². The lowest BCUT2D eigenvalue weighted by atomic mass is 9.99. The quantitative estimate of drug-likeness (QED) is 0.796. The number of hydrogen-bond acceptors (Lipinski definition) is 3. The van der Waals surface area contributed by atoms with Crippen LogP contribution in [-0.2, 0) is 4.74 Å². The van der Waals surface area contributed by atoms with Gasteiger partial charge in [-0.25, -0.2) is 4.98 Å². The fourth-order valence-corrected chi connectivity index (χ4v) is 2.44. The lowest BCUT2D eigenvalue weighted by Gasteiger charge is -2.21. The molecule has 3 heterocycles. The van der Waals surface area contributed by atoms with Crippen molar-refractivity contribution in [2.75, 3.05) is 20.3 Å². The first-order chi connectivity index (χ1) is 8.40. The van der Waals surface area contributed by atoms with Gasteiger partial charge in [0.1, 0.15) is 5.82 Å². The average molecular weight is 232 g/mol. The number of pyridine rings is 1. The second kappa shape index (κ2) is 4.37. The zero-order chi connectivity index (χ0) is 11.7. The zero-order valence-corrected chi connectivity index (χ0v) is 9.93. The topological polar surface area (TPSA) is 35.8 Å². The van der Waals surface area contributed by atoms with Crippen LogP contribution in [0.1, 0.15) is 24.6 Å². The molecule has 3 rings (SSSR count). The number of methoxy groups -OCH3 is 1. The van der Waals surface area contributed by atoms with Crippen molar-refractivity contribution in [1.82, 2.24) is 9.38 Å². The second-order valence-corrected chi connectivity index (χ2v) is 4.33. The van der Waals surface area contributed by atoms with Gasteiger partial charge in [-0.15, -0.1) is 0 Å². The molecule has 2 aromatic heterocycles. The van der Waals surface area contributed by atoms with E-state index in [1.54, 1.807) is 7.11 Å². The molecule has 0 atom stereocenters. The van der Waals surface area contributed by atoms with Crippen LogP contribution in [0.2, 0.25) is 0 Å². The number of ether oxygens (including phenoxy) is 2. The SMILES string of the molecule is COc1cccc2cnc(C3CCOCC3)n12. The van der Waals surface area contributed by atoms with Crippen LogP contribution in [0.15, 0.2) is 24.4 Å². The Balaban J connectivity index is 2.09.